The van der Waals surface area contributed by atoms with Gasteiger partial charge in [0, 0.05) is 49.7 Å². The zero-order chi connectivity index (χ0) is 29.9. The van der Waals surface area contributed by atoms with Crippen molar-refractivity contribution in [1.29, 1.82) is 0 Å². The molecule has 3 saturated heterocycles. The molecule has 4 aliphatic heterocycles. The predicted octanol–water partition coefficient (Wildman–Crippen LogP) is 2.66. The largest absolute Gasteiger partial charge is 0.333 e. The molecule has 0 aromatic heterocycles. The van der Waals surface area contributed by atoms with Crippen LogP contribution < -0.4 is 0 Å². The first-order valence-electron chi connectivity index (χ1n) is 15.6. The third kappa shape index (κ3) is 1.81. The van der Waals surface area contributed by atoms with Crippen molar-refractivity contribution in [2.45, 2.75) is 43.8 Å². The van der Waals surface area contributed by atoms with Crippen LogP contribution in [-0.2, 0) is 6.37 Å². The molecule has 0 radical (unpaired) electrons. The minimum absolute atomic E-state index is 0.402. The van der Waals surface area contributed by atoms with E-state index in [2.05, 4.69) is 0 Å². The minimum atomic E-state index is -3.54. The van der Waals surface area contributed by atoms with E-state index in [1.165, 1.54) is 0 Å². The van der Waals surface area contributed by atoms with Crippen molar-refractivity contribution in [3.8, 4) is 0 Å². The molecule has 0 saturated carbocycles. The van der Waals surface area contributed by atoms with Crippen LogP contribution in [0.25, 0.3) is 0 Å². The van der Waals surface area contributed by atoms with E-state index < -0.39 is 117 Å². The Morgan fingerprint density at radius 1 is 1.36 bits per heavy atom. The van der Waals surface area contributed by atoms with Crippen molar-refractivity contribution in [2.75, 3.05) is 26.1 Å². The molecule has 1 aromatic rings. The van der Waals surface area contributed by atoms with Crippen molar-refractivity contribution in [3.63, 3.8) is 0 Å². The van der Waals surface area contributed by atoms with Crippen molar-refractivity contribution in [3.05, 3.63) is 34.8 Å². The monoisotopic (exact) mass is 313 g/mol. The minimum Gasteiger partial charge on any atom is -0.333 e. The van der Waals surface area contributed by atoms with Crippen molar-refractivity contribution < 1.29 is 28.1 Å². The lowest BCUT2D eigenvalue weighted by Gasteiger charge is -2.51. The van der Waals surface area contributed by atoms with Crippen LogP contribution in [0, 0.1) is 5.89 Å². The molecule has 0 N–H and O–H groups in total. The molecule has 22 heavy (non-hydrogen) atoms. The van der Waals surface area contributed by atoms with Gasteiger partial charge in [0.25, 0.3) is 5.91 Å². The molecule has 3 heteroatoms. The summed E-state index contributed by atoms with van der Waals surface area (Å²) in [5.74, 6) is -7.01. The molecule has 1 aliphatic carbocycles. The number of hydrogen-bond acceptors (Lipinski definition) is 2. The zero-order valence-electron chi connectivity index (χ0n) is 28.5. The van der Waals surface area contributed by atoms with Crippen molar-refractivity contribution >= 4 is 5.91 Å². The molecule has 116 valence electrons. The average molecular weight is 314 g/mol. The summed E-state index contributed by atoms with van der Waals surface area (Å²) in [5.41, 5.74) is -2.67. The molecule has 5 aliphatic rings. The first-order valence-corrected chi connectivity index (χ1v) is 7.05. The molecule has 6 rings (SSSR count). The zero-order valence-corrected chi connectivity index (χ0v) is 11.5. The highest BCUT2D eigenvalue weighted by atomic mass is 16.2. The van der Waals surface area contributed by atoms with E-state index in [-0.39, 0.29) is 0 Å². The Hall–Kier alpha value is -1.35. The average Bonchev–Trinajstić information content (AvgIpc) is 2.77. The van der Waals surface area contributed by atoms with Crippen LogP contribution in [-0.4, -0.2) is 47.8 Å². The van der Waals surface area contributed by atoms with Crippen LogP contribution in [0.4, 0.5) is 0 Å². The second kappa shape index (κ2) is 4.82. The summed E-state index contributed by atoms with van der Waals surface area (Å²) in [4.78, 5) is 15.0. The number of carbonyl (C=O) groups is 1. The molecule has 3 nitrogen and oxygen atoms in total. The summed E-state index contributed by atoms with van der Waals surface area (Å²) in [6.07, 6.45) is -13.9. The van der Waals surface area contributed by atoms with Gasteiger partial charge in [-0.05, 0) is 68.0 Å². The van der Waals surface area contributed by atoms with Gasteiger partial charge in [0.05, 0.1) is 4.11 Å². The quantitative estimate of drug-likeness (QED) is 0.796. The Morgan fingerprint density at radius 3 is 3.27 bits per heavy atom. The maximum atomic E-state index is 14.0. The van der Waals surface area contributed by atoms with Gasteiger partial charge in [0.2, 0.25) is 0 Å². The predicted molar refractivity (Wildman–Crippen MR) is 86.1 cm³/mol. The van der Waals surface area contributed by atoms with Crippen LogP contribution >= 0.6 is 0 Å². The number of nitrogens with zero attached hydrogens (tertiary/aromatic N) is 2. The number of piperidine rings is 3. The first kappa shape index (κ1) is 4.60. The molecule has 2 bridgehead atoms. The van der Waals surface area contributed by atoms with Crippen molar-refractivity contribution in [2.24, 2.45) is 5.89 Å². The molecular formula is C19H24N2O. The highest BCUT2D eigenvalue weighted by Gasteiger charge is 2.43. The lowest BCUT2D eigenvalue weighted by Crippen LogP contribution is -2.60. The Kier molecular flexibility index (Phi) is 1.01. The van der Waals surface area contributed by atoms with Gasteiger partial charge in [0.1, 0.15) is 0 Å². The Balaban J connectivity index is 1.86. The van der Waals surface area contributed by atoms with Crippen molar-refractivity contribution in [1.82, 2.24) is 9.80 Å². The second-order valence-corrected chi connectivity index (χ2v) is 5.48. The molecule has 4 atom stereocenters. The number of benzene rings is 1. The van der Waals surface area contributed by atoms with Crippen LogP contribution in [0.1, 0.15) is 76.2 Å². The highest BCUT2D eigenvalue weighted by Crippen LogP contribution is 2.41. The summed E-state index contributed by atoms with van der Waals surface area (Å²) in [6.45, 7) is -7.56. The third-order valence-electron chi connectivity index (χ3n) is 4.26. The highest BCUT2D eigenvalue weighted by molar-refractivity contribution is 5.97. The van der Waals surface area contributed by atoms with E-state index in [1.54, 1.807) is 0 Å². The van der Waals surface area contributed by atoms with Crippen LogP contribution in [0.5, 0.6) is 0 Å². The van der Waals surface area contributed by atoms with Gasteiger partial charge in [0.15, 0.2) is 0 Å². The van der Waals surface area contributed by atoms with Gasteiger partial charge >= 0.3 is 0 Å². The lowest BCUT2D eigenvalue weighted by molar-refractivity contribution is 0.00258. The first-order chi connectivity index (χ1) is 17.3. The number of amides is 1. The summed E-state index contributed by atoms with van der Waals surface area (Å²) >= 11 is 0. The smallest absolute Gasteiger partial charge is 0.254 e. The van der Waals surface area contributed by atoms with E-state index in [9.17, 15) is 6.17 Å². The molecule has 1 unspecified atom stereocenters. The van der Waals surface area contributed by atoms with E-state index in [1.807, 2.05) is 0 Å². The number of hydrogen-bond donors (Lipinski definition) is 0. The van der Waals surface area contributed by atoms with Gasteiger partial charge < -0.3 is 9.80 Å². The second-order valence-electron chi connectivity index (χ2n) is 5.48. The molecule has 1 aromatic carbocycles. The maximum Gasteiger partial charge on any atom is 0.254 e. The van der Waals surface area contributed by atoms with Crippen LogP contribution in [0.2, 0.25) is 0 Å². The van der Waals surface area contributed by atoms with E-state index >= 15 is 0 Å². The summed E-state index contributed by atoms with van der Waals surface area (Å²) in [5, 5.41) is 0. The fourth-order valence-electron chi connectivity index (χ4n) is 3.18. The molecule has 4 heterocycles. The fourth-order valence-corrected chi connectivity index (χ4v) is 3.18. The summed E-state index contributed by atoms with van der Waals surface area (Å²) in [6, 6.07) is -5.18. The Bertz CT molecular complexity index is 1330. The summed E-state index contributed by atoms with van der Waals surface area (Å²) in [7, 11) is 0. The summed E-state index contributed by atoms with van der Waals surface area (Å²) < 4.78 is 145. The Labute approximate surface area is 156 Å². The maximum absolute atomic E-state index is 14.0. The Morgan fingerprint density at radius 2 is 2.32 bits per heavy atom. The molecule has 3 fully saturated rings. The third-order valence-corrected chi connectivity index (χ3v) is 4.26. The molecule has 0 spiro atoms. The van der Waals surface area contributed by atoms with Gasteiger partial charge in [-0.15, -0.1) is 0 Å². The molecule has 1 amide bonds. The van der Waals surface area contributed by atoms with Gasteiger partial charge in [-0.2, -0.15) is 0 Å². The van der Waals surface area contributed by atoms with E-state index in [0.717, 1.165) is 0 Å². The number of rotatable bonds is 1. The van der Waals surface area contributed by atoms with Gasteiger partial charge in [-0.1, -0.05) is 12.1 Å². The fraction of sp³-hybridized carbons (Fsp3) is 0.632. The number of fused-ring (bicyclic) bond motifs is 3. The van der Waals surface area contributed by atoms with Crippen LogP contribution in [0.3, 0.4) is 0 Å². The van der Waals surface area contributed by atoms with E-state index in [4.69, 9.17) is 21.9 Å². The van der Waals surface area contributed by atoms with Gasteiger partial charge in [-0.25, -0.2) is 0 Å². The van der Waals surface area contributed by atoms with E-state index in [0.29, 0.717) is 9.80 Å². The topological polar surface area (TPSA) is 23.6 Å². The molecular weight excluding hydrogens is 272 g/mol. The lowest BCUT2D eigenvalue weighted by atomic mass is 9.75. The normalized spacial score (nSPS) is 68.1. The standard InChI is InChI=1S/C19H24N2O/c22-19-16-6-2-4-14-3-1-5-15(18(14)16)11-21(19)17-12-20-9-7-13(17)8-10-20/h2,4,6,13,15,17H,1,3,5,7-12H2/t15-,17-/m1/s1/i1D2,2D,3D2,4D,5D2,6D,7D2,9D2,12D2,13D,15D/t13-,15+,17+/m0. The van der Waals surface area contributed by atoms with Crippen LogP contribution in [0.15, 0.2) is 18.1 Å². The number of carbonyl (C=O) groups excluding carboxylic acids is 1. The van der Waals surface area contributed by atoms with Gasteiger partial charge in [-0.3, -0.25) is 4.79 Å². The SMILES string of the molecule is [2H]c1c([2H])c2c3c(c1[2H])C([2H])([2H])C([2H])([2H])C([2H])([2H])[C@]3([2H])CN([C@@H]1C([2H])([2H])N3CC[C@]1([2H])C([2H])([2H])C3([2H])[2H])C2=O.